The number of rotatable bonds is 5. The van der Waals surface area contributed by atoms with Gasteiger partial charge < -0.3 is 15.0 Å². The van der Waals surface area contributed by atoms with Crippen molar-refractivity contribution < 1.29 is 9.53 Å². The van der Waals surface area contributed by atoms with E-state index in [0.29, 0.717) is 12.0 Å². The molecule has 4 nitrogen and oxygen atoms in total. The summed E-state index contributed by atoms with van der Waals surface area (Å²) in [5.41, 5.74) is -0.685. The van der Waals surface area contributed by atoms with Gasteiger partial charge in [-0.05, 0) is 58.5 Å². The fourth-order valence-electron chi connectivity index (χ4n) is 2.56. The fraction of sp³-hybridized carbons (Fsp3) is 0.929. The van der Waals surface area contributed by atoms with Gasteiger partial charge in [-0.25, -0.2) is 0 Å². The number of hydrogen-bond acceptors (Lipinski definition) is 3. The van der Waals surface area contributed by atoms with Crippen LogP contribution in [0, 0.1) is 5.92 Å². The van der Waals surface area contributed by atoms with Gasteiger partial charge >= 0.3 is 0 Å². The van der Waals surface area contributed by atoms with Crippen LogP contribution in [0.3, 0.4) is 0 Å². The van der Waals surface area contributed by atoms with Gasteiger partial charge in [0.15, 0.2) is 0 Å². The van der Waals surface area contributed by atoms with E-state index in [-0.39, 0.29) is 5.91 Å². The van der Waals surface area contributed by atoms with Gasteiger partial charge in [0.2, 0.25) is 0 Å². The Morgan fingerprint density at radius 1 is 1.28 bits per heavy atom. The maximum atomic E-state index is 12.5. The predicted octanol–water partition coefficient (Wildman–Crippen LogP) is 1.40. The molecule has 0 aromatic heterocycles. The Bertz CT molecular complexity index is 294. The van der Waals surface area contributed by atoms with E-state index < -0.39 is 5.60 Å². The van der Waals surface area contributed by atoms with Crippen molar-refractivity contribution in [3.63, 3.8) is 0 Å². The number of ether oxygens (including phenoxy) is 1. The van der Waals surface area contributed by atoms with Crippen molar-refractivity contribution in [2.24, 2.45) is 5.92 Å². The van der Waals surface area contributed by atoms with Gasteiger partial charge in [-0.1, -0.05) is 0 Å². The summed E-state index contributed by atoms with van der Waals surface area (Å²) in [6.45, 7) is 6.83. The van der Waals surface area contributed by atoms with E-state index in [1.54, 1.807) is 7.11 Å². The van der Waals surface area contributed by atoms with Crippen LogP contribution in [0.1, 0.15) is 39.5 Å². The minimum atomic E-state index is -0.685. The molecule has 0 radical (unpaired) electrons. The second-order valence-corrected chi connectivity index (χ2v) is 6.10. The second kappa shape index (κ2) is 5.57. The van der Waals surface area contributed by atoms with E-state index in [9.17, 15) is 4.79 Å². The third-order valence-electron chi connectivity index (χ3n) is 4.19. The monoisotopic (exact) mass is 254 g/mol. The lowest BCUT2D eigenvalue weighted by Crippen LogP contribution is -2.50. The highest BCUT2D eigenvalue weighted by Gasteiger charge is 2.40. The maximum absolute atomic E-state index is 12.5. The zero-order chi connectivity index (χ0) is 13.2. The highest BCUT2D eigenvalue weighted by molar-refractivity contribution is 5.85. The molecule has 0 bridgehead atoms. The van der Waals surface area contributed by atoms with Crippen LogP contribution in [0.2, 0.25) is 0 Å². The molecule has 1 aliphatic heterocycles. The summed E-state index contributed by atoms with van der Waals surface area (Å²) in [6, 6.07) is 0.474. The molecule has 4 heteroatoms. The molecule has 1 aliphatic carbocycles. The van der Waals surface area contributed by atoms with Gasteiger partial charge in [0.1, 0.15) is 5.60 Å². The summed E-state index contributed by atoms with van der Waals surface area (Å²) in [7, 11) is 1.62. The minimum absolute atomic E-state index is 0.158. The van der Waals surface area contributed by atoms with Crippen LogP contribution in [-0.4, -0.2) is 49.2 Å². The first kappa shape index (κ1) is 13.8. The highest BCUT2D eigenvalue weighted by atomic mass is 16.5. The zero-order valence-corrected chi connectivity index (χ0v) is 11.9. The lowest BCUT2D eigenvalue weighted by molar-refractivity contribution is -0.152. The van der Waals surface area contributed by atoms with Gasteiger partial charge in [0.05, 0.1) is 0 Å². The molecule has 2 aliphatic rings. The number of piperidine rings is 1. The van der Waals surface area contributed by atoms with Gasteiger partial charge in [-0.15, -0.1) is 0 Å². The van der Waals surface area contributed by atoms with Crippen molar-refractivity contribution >= 4 is 5.91 Å². The molecule has 0 atom stereocenters. The van der Waals surface area contributed by atoms with Crippen molar-refractivity contribution in [2.75, 3.05) is 26.7 Å². The third-order valence-corrected chi connectivity index (χ3v) is 4.19. The zero-order valence-electron chi connectivity index (χ0n) is 11.9. The van der Waals surface area contributed by atoms with Gasteiger partial charge in [-0.3, -0.25) is 4.79 Å². The Morgan fingerprint density at radius 2 is 1.89 bits per heavy atom. The van der Waals surface area contributed by atoms with Crippen molar-refractivity contribution in [1.29, 1.82) is 0 Å². The Balaban J connectivity index is 1.97. The Kier molecular flexibility index (Phi) is 4.28. The summed E-state index contributed by atoms with van der Waals surface area (Å²) in [5.74, 6) is 0.814. The Labute approximate surface area is 110 Å². The van der Waals surface area contributed by atoms with Crippen LogP contribution in [0.25, 0.3) is 0 Å². The van der Waals surface area contributed by atoms with Crippen LogP contribution >= 0.6 is 0 Å². The molecular formula is C14H26N2O2. The molecule has 104 valence electrons. The average molecular weight is 254 g/mol. The first-order chi connectivity index (χ1) is 8.54. The molecule has 0 aromatic rings. The maximum Gasteiger partial charge on any atom is 0.254 e. The lowest BCUT2D eigenvalue weighted by atomic mass is 9.96. The van der Waals surface area contributed by atoms with E-state index in [4.69, 9.17) is 4.74 Å². The van der Waals surface area contributed by atoms with Crippen molar-refractivity contribution in [1.82, 2.24) is 10.2 Å². The van der Waals surface area contributed by atoms with Crippen LogP contribution in [0.5, 0.6) is 0 Å². The molecule has 1 N–H and O–H groups in total. The number of amides is 1. The SMILES string of the molecule is COC(C)(C)C(=O)N(CC1CCNCC1)C1CC1. The molecule has 0 spiro atoms. The Morgan fingerprint density at radius 3 is 2.39 bits per heavy atom. The number of nitrogens with one attached hydrogen (secondary N) is 1. The standard InChI is InChI=1S/C14H26N2O2/c1-14(2,18-3)13(17)16(12-4-5-12)10-11-6-8-15-9-7-11/h11-12,15H,4-10H2,1-3H3. The largest absolute Gasteiger partial charge is 0.369 e. The van der Waals surface area contributed by atoms with Crippen molar-refractivity contribution in [2.45, 2.75) is 51.2 Å². The van der Waals surface area contributed by atoms with E-state index >= 15 is 0 Å². The lowest BCUT2D eigenvalue weighted by Gasteiger charge is -2.35. The quantitative estimate of drug-likeness (QED) is 0.806. The van der Waals surface area contributed by atoms with E-state index in [1.807, 2.05) is 13.8 Å². The smallest absolute Gasteiger partial charge is 0.254 e. The van der Waals surface area contributed by atoms with Crippen molar-refractivity contribution in [3.8, 4) is 0 Å². The van der Waals surface area contributed by atoms with E-state index in [2.05, 4.69) is 10.2 Å². The number of carbonyl (C=O) groups is 1. The molecule has 1 heterocycles. The first-order valence-electron chi connectivity index (χ1n) is 7.11. The summed E-state index contributed by atoms with van der Waals surface area (Å²) < 4.78 is 5.34. The van der Waals surface area contributed by atoms with Crippen molar-refractivity contribution in [3.05, 3.63) is 0 Å². The van der Waals surface area contributed by atoms with Crippen LogP contribution < -0.4 is 5.32 Å². The van der Waals surface area contributed by atoms with Gasteiger partial charge in [0.25, 0.3) is 5.91 Å². The summed E-state index contributed by atoms with van der Waals surface area (Å²) in [5, 5.41) is 3.38. The van der Waals surface area contributed by atoms with Gasteiger partial charge in [0, 0.05) is 19.7 Å². The molecule has 1 amide bonds. The summed E-state index contributed by atoms with van der Waals surface area (Å²) >= 11 is 0. The molecule has 2 fully saturated rings. The number of hydrogen-bond donors (Lipinski definition) is 1. The molecular weight excluding hydrogens is 228 g/mol. The van der Waals surface area contributed by atoms with Crippen LogP contribution in [-0.2, 0) is 9.53 Å². The number of methoxy groups -OCH3 is 1. The molecule has 0 aromatic carbocycles. The van der Waals surface area contributed by atoms with E-state index in [0.717, 1.165) is 32.5 Å². The molecule has 2 rings (SSSR count). The predicted molar refractivity (Wildman–Crippen MR) is 71.4 cm³/mol. The average Bonchev–Trinajstić information content (AvgIpc) is 3.20. The highest BCUT2D eigenvalue weighted by Crippen LogP contribution is 2.31. The van der Waals surface area contributed by atoms with Crippen LogP contribution in [0.15, 0.2) is 0 Å². The molecule has 18 heavy (non-hydrogen) atoms. The van der Waals surface area contributed by atoms with Gasteiger partial charge in [-0.2, -0.15) is 0 Å². The Hall–Kier alpha value is -0.610. The molecule has 1 saturated carbocycles. The third kappa shape index (κ3) is 3.23. The first-order valence-corrected chi connectivity index (χ1v) is 7.11. The number of carbonyl (C=O) groups excluding carboxylic acids is 1. The number of nitrogens with zero attached hydrogens (tertiary/aromatic N) is 1. The molecule has 0 unspecified atom stereocenters. The normalized spacial score (nSPS) is 21.9. The summed E-state index contributed by atoms with van der Waals surface area (Å²) in [6.07, 6.45) is 4.70. The molecule has 1 saturated heterocycles. The fourth-order valence-corrected chi connectivity index (χ4v) is 2.56. The minimum Gasteiger partial charge on any atom is -0.369 e. The van der Waals surface area contributed by atoms with Crippen LogP contribution in [0.4, 0.5) is 0 Å². The topological polar surface area (TPSA) is 41.6 Å². The second-order valence-electron chi connectivity index (χ2n) is 6.10. The van der Waals surface area contributed by atoms with E-state index in [1.165, 1.54) is 12.8 Å². The summed E-state index contributed by atoms with van der Waals surface area (Å²) in [4.78, 5) is 14.6.